The average Bonchev–Trinajstić information content (AvgIpc) is 2.55. The van der Waals surface area contributed by atoms with Crippen molar-refractivity contribution in [1.82, 2.24) is 10.2 Å². The van der Waals surface area contributed by atoms with E-state index in [1.54, 1.807) is 0 Å². The van der Waals surface area contributed by atoms with Crippen LogP contribution in [0.25, 0.3) is 0 Å². The first-order valence-corrected chi connectivity index (χ1v) is 8.86. The molecule has 0 unspecified atom stereocenters. The van der Waals surface area contributed by atoms with E-state index in [1.807, 2.05) is 12.1 Å². The SMILES string of the molecule is CC(C)(C)c1ccc(NC(=O)CCNCCN2CCOCC2)cc1. The Bertz CT molecular complexity index is 502. The number of nitrogens with one attached hydrogen (secondary N) is 2. The van der Waals surface area contributed by atoms with E-state index in [0.717, 1.165) is 45.1 Å². The fourth-order valence-corrected chi connectivity index (χ4v) is 2.67. The standard InChI is InChI=1S/C19H31N3O2/c1-19(2,3)16-4-6-17(7-5-16)21-18(23)8-9-20-10-11-22-12-14-24-15-13-22/h4-7,20H,8-15H2,1-3H3,(H,21,23). The van der Waals surface area contributed by atoms with Crippen molar-refractivity contribution in [2.75, 3.05) is 51.3 Å². The summed E-state index contributed by atoms with van der Waals surface area (Å²) in [5, 5.41) is 6.29. The molecule has 24 heavy (non-hydrogen) atoms. The van der Waals surface area contributed by atoms with Gasteiger partial charge in [0.15, 0.2) is 0 Å². The molecule has 0 atom stereocenters. The van der Waals surface area contributed by atoms with Crippen LogP contribution in [0.1, 0.15) is 32.8 Å². The van der Waals surface area contributed by atoms with Gasteiger partial charge in [-0.3, -0.25) is 9.69 Å². The molecular weight excluding hydrogens is 302 g/mol. The molecule has 2 rings (SSSR count). The predicted molar refractivity (Wildman–Crippen MR) is 98.5 cm³/mol. The number of amides is 1. The number of benzene rings is 1. The van der Waals surface area contributed by atoms with Crippen molar-refractivity contribution in [1.29, 1.82) is 0 Å². The van der Waals surface area contributed by atoms with Gasteiger partial charge in [0.2, 0.25) is 5.91 Å². The molecule has 1 aromatic rings. The van der Waals surface area contributed by atoms with Crippen LogP contribution in [-0.2, 0) is 14.9 Å². The lowest BCUT2D eigenvalue weighted by molar-refractivity contribution is -0.116. The zero-order valence-corrected chi connectivity index (χ0v) is 15.2. The average molecular weight is 333 g/mol. The molecule has 134 valence electrons. The number of hydrogen-bond acceptors (Lipinski definition) is 4. The summed E-state index contributed by atoms with van der Waals surface area (Å²) < 4.78 is 5.33. The summed E-state index contributed by atoms with van der Waals surface area (Å²) in [6.45, 7) is 12.9. The third kappa shape index (κ3) is 6.59. The van der Waals surface area contributed by atoms with Gasteiger partial charge in [0.1, 0.15) is 0 Å². The van der Waals surface area contributed by atoms with E-state index in [2.05, 4.69) is 48.4 Å². The van der Waals surface area contributed by atoms with Gasteiger partial charge in [-0.25, -0.2) is 0 Å². The summed E-state index contributed by atoms with van der Waals surface area (Å²) in [5.74, 6) is 0.0531. The summed E-state index contributed by atoms with van der Waals surface area (Å²) in [4.78, 5) is 14.4. The van der Waals surface area contributed by atoms with E-state index in [9.17, 15) is 4.79 Å². The number of nitrogens with zero attached hydrogens (tertiary/aromatic N) is 1. The topological polar surface area (TPSA) is 53.6 Å². The molecule has 1 saturated heterocycles. The van der Waals surface area contributed by atoms with Crippen LogP contribution < -0.4 is 10.6 Å². The summed E-state index contributed by atoms with van der Waals surface area (Å²) in [5.41, 5.74) is 2.26. The third-order valence-electron chi connectivity index (χ3n) is 4.27. The molecule has 1 fully saturated rings. The second kappa shape index (κ2) is 9.16. The normalized spacial score (nSPS) is 16.1. The second-order valence-electron chi connectivity index (χ2n) is 7.33. The van der Waals surface area contributed by atoms with Crippen molar-refractivity contribution in [2.45, 2.75) is 32.6 Å². The van der Waals surface area contributed by atoms with Gasteiger partial charge < -0.3 is 15.4 Å². The Morgan fingerprint density at radius 2 is 1.79 bits per heavy atom. The molecule has 1 aromatic carbocycles. The minimum absolute atomic E-state index is 0.0531. The molecule has 1 aliphatic heterocycles. The molecular formula is C19H31N3O2. The number of carbonyl (C=O) groups excluding carboxylic acids is 1. The van der Waals surface area contributed by atoms with Crippen LogP contribution in [0.15, 0.2) is 24.3 Å². The number of hydrogen-bond donors (Lipinski definition) is 2. The van der Waals surface area contributed by atoms with E-state index in [0.29, 0.717) is 13.0 Å². The smallest absolute Gasteiger partial charge is 0.225 e. The van der Waals surface area contributed by atoms with Crippen LogP contribution in [0, 0.1) is 0 Å². The highest BCUT2D eigenvalue weighted by atomic mass is 16.5. The summed E-state index contributed by atoms with van der Waals surface area (Å²) in [6.07, 6.45) is 0.490. The third-order valence-corrected chi connectivity index (χ3v) is 4.27. The predicted octanol–water partition coefficient (Wildman–Crippen LogP) is 2.23. The zero-order valence-electron chi connectivity index (χ0n) is 15.2. The van der Waals surface area contributed by atoms with Crippen molar-refractivity contribution in [3.05, 3.63) is 29.8 Å². The number of ether oxygens (including phenoxy) is 1. The summed E-state index contributed by atoms with van der Waals surface area (Å²) >= 11 is 0. The lowest BCUT2D eigenvalue weighted by Crippen LogP contribution is -2.40. The minimum Gasteiger partial charge on any atom is -0.379 e. The molecule has 1 heterocycles. The van der Waals surface area contributed by atoms with Gasteiger partial charge in [-0.2, -0.15) is 0 Å². The fourth-order valence-electron chi connectivity index (χ4n) is 2.67. The second-order valence-corrected chi connectivity index (χ2v) is 7.33. The van der Waals surface area contributed by atoms with Gasteiger partial charge in [-0.1, -0.05) is 32.9 Å². The van der Waals surface area contributed by atoms with Crippen LogP contribution in [-0.4, -0.2) is 56.7 Å². The number of morpholine rings is 1. The molecule has 2 N–H and O–H groups in total. The first-order chi connectivity index (χ1) is 11.4. The maximum absolute atomic E-state index is 12.0. The first-order valence-electron chi connectivity index (χ1n) is 8.86. The zero-order chi connectivity index (χ0) is 17.4. The maximum atomic E-state index is 12.0. The first kappa shape index (κ1) is 18.9. The van der Waals surface area contributed by atoms with Gasteiger partial charge in [0.05, 0.1) is 13.2 Å². The molecule has 0 bridgehead atoms. The molecule has 0 radical (unpaired) electrons. The lowest BCUT2D eigenvalue weighted by atomic mass is 9.87. The molecule has 0 aromatic heterocycles. The van der Waals surface area contributed by atoms with E-state index >= 15 is 0 Å². The molecule has 0 aliphatic carbocycles. The van der Waals surface area contributed by atoms with E-state index in [1.165, 1.54) is 5.56 Å². The molecule has 0 saturated carbocycles. The molecule has 5 heteroatoms. The summed E-state index contributed by atoms with van der Waals surface area (Å²) in [7, 11) is 0. The molecule has 1 aliphatic rings. The van der Waals surface area contributed by atoms with Crippen molar-refractivity contribution >= 4 is 11.6 Å². The molecule has 5 nitrogen and oxygen atoms in total. The van der Waals surface area contributed by atoms with Crippen LogP contribution in [0.4, 0.5) is 5.69 Å². The quantitative estimate of drug-likeness (QED) is 0.752. The monoisotopic (exact) mass is 333 g/mol. The van der Waals surface area contributed by atoms with Crippen LogP contribution in [0.2, 0.25) is 0 Å². The van der Waals surface area contributed by atoms with Gasteiger partial charge in [0, 0.05) is 44.8 Å². The van der Waals surface area contributed by atoms with Crippen LogP contribution in [0.5, 0.6) is 0 Å². The Labute approximate surface area is 145 Å². The van der Waals surface area contributed by atoms with Gasteiger partial charge in [-0.15, -0.1) is 0 Å². The number of rotatable bonds is 7. The minimum atomic E-state index is 0.0531. The lowest BCUT2D eigenvalue weighted by Gasteiger charge is -2.26. The van der Waals surface area contributed by atoms with Crippen molar-refractivity contribution in [2.24, 2.45) is 0 Å². The molecule has 1 amide bonds. The van der Waals surface area contributed by atoms with Gasteiger partial charge >= 0.3 is 0 Å². The maximum Gasteiger partial charge on any atom is 0.225 e. The van der Waals surface area contributed by atoms with E-state index in [-0.39, 0.29) is 11.3 Å². The molecule has 0 spiro atoms. The van der Waals surface area contributed by atoms with Crippen LogP contribution in [0.3, 0.4) is 0 Å². The van der Waals surface area contributed by atoms with E-state index < -0.39 is 0 Å². The fraction of sp³-hybridized carbons (Fsp3) is 0.632. The Morgan fingerprint density at radius 1 is 1.12 bits per heavy atom. The largest absolute Gasteiger partial charge is 0.379 e. The number of carbonyl (C=O) groups is 1. The van der Waals surface area contributed by atoms with Crippen molar-refractivity contribution in [3.63, 3.8) is 0 Å². The number of anilines is 1. The van der Waals surface area contributed by atoms with Crippen LogP contribution >= 0.6 is 0 Å². The highest BCUT2D eigenvalue weighted by molar-refractivity contribution is 5.90. The Balaban J connectivity index is 1.61. The van der Waals surface area contributed by atoms with Gasteiger partial charge in [0.25, 0.3) is 0 Å². The van der Waals surface area contributed by atoms with Gasteiger partial charge in [-0.05, 0) is 23.1 Å². The highest BCUT2D eigenvalue weighted by Gasteiger charge is 2.13. The van der Waals surface area contributed by atoms with Crippen molar-refractivity contribution < 1.29 is 9.53 Å². The summed E-state index contributed by atoms with van der Waals surface area (Å²) in [6, 6.07) is 8.11. The van der Waals surface area contributed by atoms with E-state index in [4.69, 9.17) is 4.74 Å². The highest BCUT2D eigenvalue weighted by Crippen LogP contribution is 2.23. The van der Waals surface area contributed by atoms with Crippen molar-refractivity contribution in [3.8, 4) is 0 Å². The Hall–Kier alpha value is -1.43. The Kier molecular flexibility index (Phi) is 7.21. The Morgan fingerprint density at radius 3 is 2.42 bits per heavy atom.